The summed E-state index contributed by atoms with van der Waals surface area (Å²) in [5, 5.41) is 0.721. The van der Waals surface area contributed by atoms with Crippen LogP contribution >= 0.6 is 22.9 Å². The van der Waals surface area contributed by atoms with Crippen molar-refractivity contribution in [3.8, 4) is 16.4 Å². The van der Waals surface area contributed by atoms with Crippen LogP contribution < -0.4 is 0 Å². The highest BCUT2D eigenvalue weighted by Gasteiger charge is 2.13. The Morgan fingerprint density at radius 2 is 2.08 bits per heavy atom. The number of hydrogen-bond acceptors (Lipinski definition) is 2. The van der Waals surface area contributed by atoms with Gasteiger partial charge < -0.3 is 0 Å². The second-order valence-corrected chi connectivity index (χ2v) is 7.11. The van der Waals surface area contributed by atoms with E-state index in [-0.39, 0.29) is 0 Å². The number of rotatable bonds is 6. The van der Waals surface area contributed by atoms with Gasteiger partial charge in [-0.3, -0.25) is 4.57 Å². The molecule has 0 aliphatic rings. The van der Waals surface area contributed by atoms with Crippen LogP contribution in [0.15, 0.2) is 67.0 Å². The summed E-state index contributed by atoms with van der Waals surface area (Å²) in [5.74, 6) is 0.924. The fourth-order valence-electron chi connectivity index (χ4n) is 2.72. The molecule has 3 rings (SSSR count). The van der Waals surface area contributed by atoms with Crippen LogP contribution in [0, 0.1) is 0 Å². The summed E-state index contributed by atoms with van der Waals surface area (Å²) in [6.07, 6.45) is 12.3. The normalized spacial score (nSPS) is 12.2. The van der Waals surface area contributed by atoms with Crippen LogP contribution in [-0.2, 0) is 0 Å². The zero-order valence-electron chi connectivity index (χ0n) is 14.4. The highest BCUT2D eigenvalue weighted by atomic mass is 35.5. The highest BCUT2D eigenvalue weighted by molar-refractivity contribution is 7.16. The Hall–Kier alpha value is -2.10. The minimum absolute atomic E-state index is 0.721. The van der Waals surface area contributed by atoms with E-state index in [2.05, 4.69) is 49.2 Å². The molecule has 2 heterocycles. The van der Waals surface area contributed by atoms with E-state index in [1.165, 1.54) is 10.5 Å². The van der Waals surface area contributed by atoms with Gasteiger partial charge in [0.15, 0.2) is 5.82 Å². The summed E-state index contributed by atoms with van der Waals surface area (Å²) in [5.41, 5.74) is 2.33. The van der Waals surface area contributed by atoms with Gasteiger partial charge in [0.25, 0.3) is 0 Å². The Bertz CT molecular complexity index is 902. The Morgan fingerprint density at radius 3 is 2.84 bits per heavy atom. The Balaban J connectivity index is 1.95. The number of hydrogen-bond donors (Lipinski definition) is 0. The van der Waals surface area contributed by atoms with E-state index < -0.39 is 0 Å². The molecule has 128 valence electrons. The second-order valence-electron chi connectivity index (χ2n) is 5.62. The molecular weight excluding hydrogens is 348 g/mol. The number of thiophene rings is 1. The minimum Gasteiger partial charge on any atom is -0.298 e. The quantitative estimate of drug-likeness (QED) is 0.427. The number of para-hydroxylation sites is 1. The SMILES string of the molecule is C/C=C\C/C=C(\CC)c1ccc(-c2nccn2-c2ccccc2Cl)s1. The number of allylic oxidation sites excluding steroid dienone is 4. The summed E-state index contributed by atoms with van der Waals surface area (Å²) >= 11 is 8.14. The molecule has 0 saturated carbocycles. The fraction of sp³-hybridized carbons (Fsp3) is 0.190. The van der Waals surface area contributed by atoms with Crippen molar-refractivity contribution in [1.82, 2.24) is 9.55 Å². The van der Waals surface area contributed by atoms with Crippen molar-refractivity contribution in [2.75, 3.05) is 0 Å². The van der Waals surface area contributed by atoms with Gasteiger partial charge in [-0.05, 0) is 49.6 Å². The molecule has 0 aliphatic heterocycles. The van der Waals surface area contributed by atoms with Crippen molar-refractivity contribution in [1.29, 1.82) is 0 Å². The third-order valence-electron chi connectivity index (χ3n) is 4.01. The molecule has 25 heavy (non-hydrogen) atoms. The molecule has 0 radical (unpaired) electrons. The van der Waals surface area contributed by atoms with Crippen LogP contribution in [0.1, 0.15) is 31.6 Å². The summed E-state index contributed by atoms with van der Waals surface area (Å²) in [7, 11) is 0. The van der Waals surface area contributed by atoms with Gasteiger partial charge in [0.2, 0.25) is 0 Å². The first-order valence-electron chi connectivity index (χ1n) is 8.43. The number of benzene rings is 1. The molecule has 0 amide bonds. The molecular formula is C21H21ClN2S. The molecule has 0 N–H and O–H groups in total. The molecule has 0 saturated heterocycles. The van der Waals surface area contributed by atoms with Gasteiger partial charge >= 0.3 is 0 Å². The number of aromatic nitrogens is 2. The standard InChI is InChI=1S/C21H21ClN2S/c1-3-5-6-9-16(4-2)19-12-13-20(25-19)21-23-14-15-24(21)18-11-8-7-10-17(18)22/h3,5,7-15H,4,6H2,1-2H3/b5-3-,16-9+. The minimum atomic E-state index is 0.721. The Kier molecular flexibility index (Phi) is 5.90. The number of imidazole rings is 1. The van der Waals surface area contributed by atoms with E-state index in [9.17, 15) is 0 Å². The first-order chi connectivity index (χ1) is 12.2. The van der Waals surface area contributed by atoms with Crippen molar-refractivity contribution in [3.63, 3.8) is 0 Å². The lowest BCUT2D eigenvalue weighted by Gasteiger charge is -2.08. The molecule has 0 fully saturated rings. The van der Waals surface area contributed by atoms with Gasteiger partial charge in [-0.1, -0.05) is 48.9 Å². The van der Waals surface area contributed by atoms with E-state index in [1.807, 2.05) is 41.2 Å². The van der Waals surface area contributed by atoms with Gasteiger partial charge in [-0.15, -0.1) is 11.3 Å². The van der Waals surface area contributed by atoms with Gasteiger partial charge in [0.05, 0.1) is 15.6 Å². The van der Waals surface area contributed by atoms with E-state index in [4.69, 9.17) is 11.6 Å². The van der Waals surface area contributed by atoms with Gasteiger partial charge in [0, 0.05) is 17.3 Å². The third-order valence-corrected chi connectivity index (χ3v) is 5.49. The van der Waals surface area contributed by atoms with E-state index >= 15 is 0 Å². The number of halogens is 1. The van der Waals surface area contributed by atoms with Crippen LogP contribution in [0.3, 0.4) is 0 Å². The Morgan fingerprint density at radius 1 is 1.24 bits per heavy atom. The predicted octanol–water partition coefficient (Wildman–Crippen LogP) is 7.01. The molecule has 4 heteroatoms. The third kappa shape index (κ3) is 3.94. The van der Waals surface area contributed by atoms with Crippen molar-refractivity contribution in [2.45, 2.75) is 26.7 Å². The van der Waals surface area contributed by atoms with E-state index in [0.29, 0.717) is 0 Å². The topological polar surface area (TPSA) is 17.8 Å². The molecule has 2 nitrogen and oxygen atoms in total. The first kappa shape index (κ1) is 17.7. The average molecular weight is 369 g/mol. The lowest BCUT2D eigenvalue weighted by molar-refractivity contribution is 1.07. The summed E-state index contributed by atoms with van der Waals surface area (Å²) in [6, 6.07) is 12.2. The van der Waals surface area contributed by atoms with Crippen LogP contribution in [0.5, 0.6) is 0 Å². The van der Waals surface area contributed by atoms with Crippen molar-refractivity contribution in [2.24, 2.45) is 0 Å². The van der Waals surface area contributed by atoms with Gasteiger partial charge in [-0.2, -0.15) is 0 Å². The maximum absolute atomic E-state index is 6.36. The van der Waals surface area contributed by atoms with Gasteiger partial charge in [0.1, 0.15) is 0 Å². The maximum atomic E-state index is 6.36. The van der Waals surface area contributed by atoms with Crippen LogP contribution in [0.2, 0.25) is 5.02 Å². The van der Waals surface area contributed by atoms with Crippen molar-refractivity contribution < 1.29 is 0 Å². The highest BCUT2D eigenvalue weighted by Crippen LogP contribution is 2.34. The second kappa shape index (κ2) is 8.32. The summed E-state index contributed by atoms with van der Waals surface area (Å²) in [6.45, 7) is 4.25. The lowest BCUT2D eigenvalue weighted by atomic mass is 10.1. The molecule has 2 aromatic heterocycles. The largest absolute Gasteiger partial charge is 0.298 e. The predicted molar refractivity (Wildman–Crippen MR) is 110 cm³/mol. The molecule has 1 aromatic carbocycles. The zero-order valence-corrected chi connectivity index (χ0v) is 16.0. The maximum Gasteiger partial charge on any atom is 0.154 e. The lowest BCUT2D eigenvalue weighted by Crippen LogP contribution is -1.95. The summed E-state index contributed by atoms with van der Waals surface area (Å²) < 4.78 is 2.05. The van der Waals surface area contributed by atoms with Crippen molar-refractivity contribution in [3.05, 3.63) is 76.9 Å². The molecule has 0 unspecified atom stereocenters. The van der Waals surface area contributed by atoms with Crippen molar-refractivity contribution >= 4 is 28.5 Å². The average Bonchev–Trinajstić information content (AvgIpc) is 3.28. The summed E-state index contributed by atoms with van der Waals surface area (Å²) in [4.78, 5) is 7.01. The molecule has 0 spiro atoms. The van der Waals surface area contributed by atoms with Crippen LogP contribution in [0.4, 0.5) is 0 Å². The Labute approximate surface area is 158 Å². The molecule has 3 aromatic rings. The number of nitrogens with zero attached hydrogens (tertiary/aromatic N) is 2. The zero-order chi connectivity index (χ0) is 17.6. The molecule has 0 aliphatic carbocycles. The van der Waals surface area contributed by atoms with E-state index in [0.717, 1.165) is 34.3 Å². The molecule has 0 atom stereocenters. The smallest absolute Gasteiger partial charge is 0.154 e. The van der Waals surface area contributed by atoms with Crippen LogP contribution in [-0.4, -0.2) is 9.55 Å². The molecule has 0 bridgehead atoms. The fourth-order valence-corrected chi connectivity index (χ4v) is 4.06. The monoisotopic (exact) mass is 368 g/mol. The van der Waals surface area contributed by atoms with Crippen LogP contribution in [0.25, 0.3) is 22.0 Å². The van der Waals surface area contributed by atoms with E-state index in [1.54, 1.807) is 11.3 Å². The van der Waals surface area contributed by atoms with Gasteiger partial charge in [-0.25, -0.2) is 4.98 Å². The first-order valence-corrected chi connectivity index (χ1v) is 9.63.